The minimum atomic E-state index is -1.03. The number of rotatable bonds is 3. The maximum atomic E-state index is 11.8. The Kier molecular flexibility index (Phi) is 4.04. The predicted octanol–water partition coefficient (Wildman–Crippen LogP) is 3.40. The number of carboxylic acids is 1. The Labute approximate surface area is 121 Å². The quantitative estimate of drug-likeness (QED) is 0.909. The minimum absolute atomic E-state index is 0.0407. The van der Waals surface area contributed by atoms with Crippen LogP contribution in [0.5, 0.6) is 0 Å². The highest BCUT2D eigenvalue weighted by Gasteiger charge is 2.17. The summed E-state index contributed by atoms with van der Waals surface area (Å²) in [7, 11) is 0. The van der Waals surface area contributed by atoms with Gasteiger partial charge in [-0.3, -0.25) is 4.79 Å². The third-order valence-electron chi connectivity index (χ3n) is 2.20. The van der Waals surface area contributed by atoms with Gasteiger partial charge in [-0.05, 0) is 35.8 Å². The van der Waals surface area contributed by atoms with E-state index in [4.69, 9.17) is 28.3 Å². The SMILES string of the molecule is O=C(O)c1ccc(NC(=O)c2nsc(Cl)c2Cl)cc1. The van der Waals surface area contributed by atoms with Crippen LogP contribution in [0.15, 0.2) is 24.3 Å². The van der Waals surface area contributed by atoms with E-state index in [1.165, 1.54) is 24.3 Å². The van der Waals surface area contributed by atoms with Crippen LogP contribution < -0.4 is 5.32 Å². The number of halogens is 2. The Morgan fingerprint density at radius 1 is 1.21 bits per heavy atom. The van der Waals surface area contributed by atoms with Crippen LogP contribution in [0.1, 0.15) is 20.8 Å². The van der Waals surface area contributed by atoms with Crippen molar-refractivity contribution in [1.82, 2.24) is 4.37 Å². The summed E-state index contributed by atoms with van der Waals surface area (Å²) < 4.78 is 4.07. The highest BCUT2D eigenvalue weighted by Crippen LogP contribution is 2.29. The van der Waals surface area contributed by atoms with Gasteiger partial charge in [0.15, 0.2) is 5.69 Å². The largest absolute Gasteiger partial charge is 0.478 e. The minimum Gasteiger partial charge on any atom is -0.478 e. The maximum absolute atomic E-state index is 11.8. The van der Waals surface area contributed by atoms with E-state index in [0.717, 1.165) is 11.5 Å². The van der Waals surface area contributed by atoms with E-state index in [9.17, 15) is 9.59 Å². The van der Waals surface area contributed by atoms with Crippen LogP contribution in [0.4, 0.5) is 5.69 Å². The number of carbonyl (C=O) groups excluding carboxylic acids is 1. The van der Waals surface area contributed by atoms with Gasteiger partial charge in [0, 0.05) is 5.69 Å². The number of amides is 1. The Hall–Kier alpha value is -1.63. The molecule has 0 spiro atoms. The van der Waals surface area contributed by atoms with Gasteiger partial charge in [0.1, 0.15) is 9.36 Å². The third kappa shape index (κ3) is 3.04. The second kappa shape index (κ2) is 5.56. The first-order valence-corrected chi connectivity index (χ1v) is 6.47. The topological polar surface area (TPSA) is 79.3 Å². The normalized spacial score (nSPS) is 10.2. The van der Waals surface area contributed by atoms with Crippen LogP contribution in [0.2, 0.25) is 9.36 Å². The Morgan fingerprint density at radius 2 is 1.84 bits per heavy atom. The van der Waals surface area contributed by atoms with Crippen LogP contribution in [-0.2, 0) is 0 Å². The fourth-order valence-corrected chi connectivity index (χ4v) is 2.28. The van der Waals surface area contributed by atoms with E-state index in [1.54, 1.807) is 0 Å². The standard InChI is InChI=1S/C11H6Cl2N2O3S/c12-7-8(15-19-9(7)13)10(16)14-6-3-1-5(2-4-6)11(17)18/h1-4H,(H,14,16)(H,17,18). The van der Waals surface area contributed by atoms with Crippen molar-refractivity contribution in [2.75, 3.05) is 5.32 Å². The summed E-state index contributed by atoms with van der Waals surface area (Å²) in [6.45, 7) is 0. The molecule has 5 nitrogen and oxygen atoms in total. The van der Waals surface area contributed by atoms with Crippen molar-refractivity contribution in [1.29, 1.82) is 0 Å². The molecule has 2 aromatic rings. The number of hydrogen-bond donors (Lipinski definition) is 2. The molecular formula is C11H6Cl2N2O3S. The molecule has 0 aliphatic carbocycles. The summed E-state index contributed by atoms with van der Waals surface area (Å²) in [6.07, 6.45) is 0. The fourth-order valence-electron chi connectivity index (χ4n) is 1.29. The molecule has 0 bridgehead atoms. The number of anilines is 1. The second-order valence-corrected chi connectivity index (χ2v) is 5.21. The van der Waals surface area contributed by atoms with Gasteiger partial charge in [0.25, 0.3) is 5.91 Å². The molecule has 0 saturated carbocycles. The average Bonchev–Trinajstić information content (AvgIpc) is 2.70. The first-order valence-electron chi connectivity index (χ1n) is 4.94. The zero-order valence-corrected chi connectivity index (χ0v) is 11.5. The molecule has 1 amide bonds. The molecule has 0 unspecified atom stereocenters. The molecule has 0 aliphatic heterocycles. The fraction of sp³-hybridized carbons (Fsp3) is 0. The van der Waals surface area contributed by atoms with Gasteiger partial charge >= 0.3 is 5.97 Å². The van der Waals surface area contributed by atoms with Crippen LogP contribution in [0, 0.1) is 0 Å². The van der Waals surface area contributed by atoms with Crippen molar-refractivity contribution in [3.05, 3.63) is 44.9 Å². The molecule has 2 rings (SSSR count). The summed E-state index contributed by atoms with van der Waals surface area (Å²) in [6, 6.07) is 5.72. The number of nitrogens with one attached hydrogen (secondary N) is 1. The number of carbonyl (C=O) groups is 2. The van der Waals surface area contributed by atoms with Gasteiger partial charge in [-0.1, -0.05) is 23.2 Å². The second-order valence-electron chi connectivity index (χ2n) is 3.46. The van der Waals surface area contributed by atoms with Gasteiger partial charge in [0.2, 0.25) is 0 Å². The average molecular weight is 317 g/mol. The molecule has 0 fully saturated rings. The van der Waals surface area contributed by atoms with E-state index in [0.29, 0.717) is 5.69 Å². The lowest BCUT2D eigenvalue weighted by atomic mass is 10.2. The van der Waals surface area contributed by atoms with Gasteiger partial charge in [-0.25, -0.2) is 4.79 Å². The van der Waals surface area contributed by atoms with E-state index in [-0.39, 0.29) is 20.6 Å². The highest BCUT2D eigenvalue weighted by molar-refractivity contribution is 7.11. The maximum Gasteiger partial charge on any atom is 0.335 e. The summed E-state index contributed by atoms with van der Waals surface area (Å²) in [5, 5.41) is 11.4. The molecule has 1 aromatic carbocycles. The van der Waals surface area contributed by atoms with Crippen molar-refractivity contribution in [2.24, 2.45) is 0 Å². The molecule has 0 radical (unpaired) electrons. The Morgan fingerprint density at radius 3 is 2.32 bits per heavy atom. The van der Waals surface area contributed by atoms with Gasteiger partial charge in [-0.15, -0.1) is 0 Å². The first-order chi connectivity index (χ1) is 8.99. The van der Waals surface area contributed by atoms with E-state index in [2.05, 4.69) is 9.69 Å². The number of aromatic carboxylic acids is 1. The predicted molar refractivity (Wildman–Crippen MR) is 73.5 cm³/mol. The molecule has 1 heterocycles. The zero-order chi connectivity index (χ0) is 14.0. The summed E-state index contributed by atoms with van der Waals surface area (Å²) in [5.74, 6) is -1.54. The summed E-state index contributed by atoms with van der Waals surface area (Å²) in [5.41, 5.74) is 0.613. The van der Waals surface area contributed by atoms with Crippen LogP contribution in [0.25, 0.3) is 0 Å². The molecule has 19 heavy (non-hydrogen) atoms. The lowest BCUT2D eigenvalue weighted by Gasteiger charge is -2.03. The van der Waals surface area contributed by atoms with E-state index >= 15 is 0 Å². The molecule has 2 N–H and O–H groups in total. The van der Waals surface area contributed by atoms with Gasteiger partial charge in [0.05, 0.1) is 5.56 Å². The van der Waals surface area contributed by atoms with E-state index in [1.807, 2.05) is 0 Å². The lowest BCUT2D eigenvalue weighted by molar-refractivity contribution is 0.0696. The van der Waals surface area contributed by atoms with Crippen molar-refractivity contribution in [2.45, 2.75) is 0 Å². The van der Waals surface area contributed by atoms with Crippen molar-refractivity contribution >= 4 is 52.3 Å². The molecule has 8 heteroatoms. The van der Waals surface area contributed by atoms with Crippen LogP contribution in [0.3, 0.4) is 0 Å². The monoisotopic (exact) mass is 316 g/mol. The van der Waals surface area contributed by atoms with Crippen molar-refractivity contribution in [3.63, 3.8) is 0 Å². The smallest absolute Gasteiger partial charge is 0.335 e. The Bertz CT molecular complexity index is 640. The van der Waals surface area contributed by atoms with Gasteiger partial charge < -0.3 is 10.4 Å². The van der Waals surface area contributed by atoms with Crippen molar-refractivity contribution in [3.8, 4) is 0 Å². The zero-order valence-electron chi connectivity index (χ0n) is 9.18. The number of benzene rings is 1. The van der Waals surface area contributed by atoms with Gasteiger partial charge in [-0.2, -0.15) is 4.37 Å². The number of carboxylic acid groups (broad SMARTS) is 1. The van der Waals surface area contributed by atoms with E-state index < -0.39 is 11.9 Å². The number of aromatic nitrogens is 1. The number of nitrogens with zero attached hydrogens (tertiary/aromatic N) is 1. The molecule has 98 valence electrons. The van der Waals surface area contributed by atoms with Crippen LogP contribution >= 0.6 is 34.7 Å². The number of hydrogen-bond acceptors (Lipinski definition) is 4. The molecular weight excluding hydrogens is 311 g/mol. The first kappa shape index (κ1) is 13.8. The molecule has 0 saturated heterocycles. The summed E-state index contributed by atoms with van der Waals surface area (Å²) in [4.78, 5) is 22.5. The lowest BCUT2D eigenvalue weighted by Crippen LogP contribution is -2.12. The third-order valence-corrected chi connectivity index (χ3v) is 3.81. The highest BCUT2D eigenvalue weighted by atomic mass is 35.5. The van der Waals surface area contributed by atoms with Crippen LogP contribution in [-0.4, -0.2) is 21.4 Å². The molecule has 0 aliphatic rings. The molecule has 1 aromatic heterocycles. The summed E-state index contributed by atoms with van der Waals surface area (Å²) >= 11 is 12.4. The Balaban J connectivity index is 2.15. The molecule has 0 atom stereocenters. The van der Waals surface area contributed by atoms with Crippen molar-refractivity contribution < 1.29 is 14.7 Å².